The topological polar surface area (TPSA) is 177 Å². The van der Waals surface area contributed by atoms with Gasteiger partial charge in [0.05, 0.1) is 18.2 Å². The van der Waals surface area contributed by atoms with E-state index >= 15 is 0 Å². The molecule has 1 heterocycles. The van der Waals surface area contributed by atoms with Crippen molar-refractivity contribution >= 4 is 17.8 Å². The highest BCUT2D eigenvalue weighted by molar-refractivity contribution is 5.95. The molecule has 0 aliphatic carbocycles. The predicted molar refractivity (Wildman–Crippen MR) is 91.2 cm³/mol. The molecule has 1 aromatic heterocycles. The van der Waals surface area contributed by atoms with Crippen LogP contribution in [0.1, 0.15) is 22.8 Å². The summed E-state index contributed by atoms with van der Waals surface area (Å²) in [5.41, 5.74) is 11.2. The number of nitriles is 1. The molecular weight excluding hydrogens is 340 g/mol. The Morgan fingerprint density at radius 1 is 1.42 bits per heavy atom. The normalized spacial score (nSPS) is 11.2. The number of anilines is 1. The quantitative estimate of drug-likeness (QED) is 0.585. The summed E-state index contributed by atoms with van der Waals surface area (Å²) in [6.45, 7) is 1.63. The van der Waals surface area contributed by atoms with Gasteiger partial charge in [-0.3, -0.25) is 0 Å². The summed E-state index contributed by atoms with van der Waals surface area (Å²) in [7, 11) is 0. The fourth-order valence-electron chi connectivity index (χ4n) is 2.08. The maximum absolute atomic E-state index is 11.5. The van der Waals surface area contributed by atoms with E-state index in [0.717, 1.165) is 0 Å². The van der Waals surface area contributed by atoms with E-state index in [0.29, 0.717) is 11.1 Å². The third-order valence-electron chi connectivity index (χ3n) is 3.24. The smallest absolute Gasteiger partial charge is 0.345 e. The van der Waals surface area contributed by atoms with E-state index in [1.54, 1.807) is 25.1 Å². The minimum absolute atomic E-state index is 0.0392. The summed E-state index contributed by atoms with van der Waals surface area (Å²) in [6.07, 6.45) is -0.631. The second-order valence-corrected chi connectivity index (χ2v) is 5.28. The first kappa shape index (κ1) is 18.5. The first-order valence-electron chi connectivity index (χ1n) is 7.43. The molecule has 2 amide bonds. The third-order valence-corrected chi connectivity index (χ3v) is 3.24. The zero-order valence-corrected chi connectivity index (χ0v) is 13.8. The van der Waals surface area contributed by atoms with Gasteiger partial charge in [-0.1, -0.05) is 12.1 Å². The van der Waals surface area contributed by atoms with E-state index in [1.165, 1.54) is 6.07 Å². The number of amides is 2. The summed E-state index contributed by atoms with van der Waals surface area (Å²) in [5, 5.41) is 20.7. The van der Waals surface area contributed by atoms with Crippen molar-refractivity contribution in [3.05, 3.63) is 35.4 Å². The molecule has 0 aliphatic rings. The number of nitrogens with zero attached hydrogens (tertiary/aromatic N) is 3. The van der Waals surface area contributed by atoms with Gasteiger partial charge in [-0.15, -0.1) is 0 Å². The molecule has 0 saturated carbocycles. The van der Waals surface area contributed by atoms with Crippen LogP contribution in [0.2, 0.25) is 0 Å². The average molecular weight is 356 g/mol. The van der Waals surface area contributed by atoms with Gasteiger partial charge in [0.2, 0.25) is 5.88 Å². The molecule has 1 aromatic carbocycles. The van der Waals surface area contributed by atoms with Gasteiger partial charge in [0, 0.05) is 5.56 Å². The summed E-state index contributed by atoms with van der Waals surface area (Å²) >= 11 is 0. The number of carboxylic acids is 1. The molecule has 0 bridgehead atoms. The number of urea groups is 1. The van der Waals surface area contributed by atoms with Crippen LogP contribution >= 0.6 is 0 Å². The fourth-order valence-corrected chi connectivity index (χ4v) is 2.08. The number of aromatic carboxylic acids is 1. The number of nitrogens with one attached hydrogen (secondary N) is 1. The maximum Gasteiger partial charge on any atom is 0.345 e. The van der Waals surface area contributed by atoms with E-state index in [9.17, 15) is 14.7 Å². The summed E-state index contributed by atoms with van der Waals surface area (Å²) < 4.78 is 5.51. The van der Waals surface area contributed by atoms with Crippen molar-refractivity contribution in [2.24, 2.45) is 5.73 Å². The van der Waals surface area contributed by atoms with Crippen LogP contribution in [0.4, 0.5) is 10.6 Å². The number of rotatable bonds is 6. The van der Waals surface area contributed by atoms with Gasteiger partial charge in [0.15, 0.2) is 11.4 Å². The molecule has 0 saturated heterocycles. The van der Waals surface area contributed by atoms with Gasteiger partial charge in [-0.05, 0) is 19.1 Å². The molecular formula is C16H16N6O4. The van der Waals surface area contributed by atoms with Crippen LogP contribution in [0.15, 0.2) is 24.3 Å². The number of benzene rings is 1. The lowest BCUT2D eigenvalue weighted by Gasteiger charge is -2.17. The molecule has 1 atom stereocenters. The van der Waals surface area contributed by atoms with Crippen LogP contribution in [-0.4, -0.2) is 39.7 Å². The Morgan fingerprint density at radius 2 is 2.15 bits per heavy atom. The zero-order valence-electron chi connectivity index (χ0n) is 13.8. The monoisotopic (exact) mass is 356 g/mol. The van der Waals surface area contributed by atoms with E-state index in [4.69, 9.17) is 21.5 Å². The number of aromatic nitrogens is 2. The molecule has 0 aliphatic heterocycles. The van der Waals surface area contributed by atoms with Crippen molar-refractivity contribution in [1.82, 2.24) is 15.3 Å². The van der Waals surface area contributed by atoms with Crippen molar-refractivity contribution in [3.63, 3.8) is 0 Å². The number of carbonyl (C=O) groups excluding carboxylic acids is 1. The van der Waals surface area contributed by atoms with Gasteiger partial charge in [0.1, 0.15) is 11.9 Å². The molecule has 2 rings (SSSR count). The average Bonchev–Trinajstić information content (AvgIpc) is 2.59. The van der Waals surface area contributed by atoms with Gasteiger partial charge in [-0.25, -0.2) is 14.6 Å². The molecule has 10 heteroatoms. The van der Waals surface area contributed by atoms with E-state index < -0.39 is 23.7 Å². The van der Waals surface area contributed by atoms with Crippen molar-refractivity contribution in [3.8, 4) is 23.3 Å². The number of nitrogen functional groups attached to an aromatic ring is 1. The van der Waals surface area contributed by atoms with Gasteiger partial charge in [0.25, 0.3) is 0 Å². The number of hydrogen-bond donors (Lipinski definition) is 4. The first-order chi connectivity index (χ1) is 12.3. The van der Waals surface area contributed by atoms with Crippen molar-refractivity contribution in [2.75, 3.05) is 12.3 Å². The standard InChI is InChI=1S/C16H16N6O4/c1-8(7-20-16(19)25)26-14-11(15(23)24)12(18)21-13(22-14)10-4-2-3-9(5-10)6-17/h2-5,8H,7H2,1H3,(H,23,24)(H2,18,21,22)(H3,19,20,25)/t8-/m0/s1. The lowest BCUT2D eigenvalue weighted by molar-refractivity contribution is 0.0689. The second kappa shape index (κ2) is 7.80. The van der Waals surface area contributed by atoms with Crippen molar-refractivity contribution in [2.45, 2.75) is 13.0 Å². The van der Waals surface area contributed by atoms with Gasteiger partial charge < -0.3 is 26.6 Å². The Kier molecular flexibility index (Phi) is 5.54. The number of carbonyl (C=O) groups is 2. The van der Waals surface area contributed by atoms with E-state index in [1.807, 2.05) is 6.07 Å². The molecule has 0 unspecified atom stereocenters. The van der Waals surface area contributed by atoms with E-state index in [-0.39, 0.29) is 24.1 Å². The lowest BCUT2D eigenvalue weighted by atomic mass is 10.1. The summed E-state index contributed by atoms with van der Waals surface area (Å²) in [4.78, 5) is 30.3. The fraction of sp³-hybridized carbons (Fsp3) is 0.188. The lowest BCUT2D eigenvalue weighted by Crippen LogP contribution is -2.37. The van der Waals surface area contributed by atoms with Crippen LogP contribution < -0.4 is 21.5 Å². The molecule has 134 valence electrons. The highest BCUT2D eigenvalue weighted by Crippen LogP contribution is 2.27. The SMILES string of the molecule is C[C@@H](CNC(N)=O)Oc1nc(-c2cccc(C#N)c2)nc(N)c1C(=O)O. The molecule has 2 aromatic rings. The Balaban J connectivity index is 2.44. The Bertz CT molecular complexity index is 893. The zero-order chi connectivity index (χ0) is 19.3. The van der Waals surface area contributed by atoms with Crippen molar-refractivity contribution < 1.29 is 19.4 Å². The number of ether oxygens (including phenoxy) is 1. The highest BCUT2D eigenvalue weighted by atomic mass is 16.5. The van der Waals surface area contributed by atoms with Crippen LogP contribution in [-0.2, 0) is 0 Å². The largest absolute Gasteiger partial charge is 0.477 e. The molecule has 26 heavy (non-hydrogen) atoms. The molecule has 0 spiro atoms. The second-order valence-electron chi connectivity index (χ2n) is 5.28. The third kappa shape index (κ3) is 4.35. The first-order valence-corrected chi connectivity index (χ1v) is 7.43. The summed E-state index contributed by atoms with van der Waals surface area (Å²) in [5.74, 6) is -1.78. The Hall–Kier alpha value is -3.87. The van der Waals surface area contributed by atoms with Crippen LogP contribution in [0.25, 0.3) is 11.4 Å². The van der Waals surface area contributed by atoms with Crippen LogP contribution in [0, 0.1) is 11.3 Å². The number of hydrogen-bond acceptors (Lipinski definition) is 7. The molecule has 0 radical (unpaired) electrons. The maximum atomic E-state index is 11.5. The predicted octanol–water partition coefficient (Wildman–Crippen LogP) is 0.731. The molecule has 6 N–H and O–H groups in total. The minimum Gasteiger partial charge on any atom is -0.477 e. The van der Waals surface area contributed by atoms with Crippen LogP contribution in [0.5, 0.6) is 5.88 Å². The summed E-state index contributed by atoms with van der Waals surface area (Å²) in [6, 6.07) is 7.68. The van der Waals surface area contributed by atoms with Gasteiger partial charge in [-0.2, -0.15) is 10.2 Å². The van der Waals surface area contributed by atoms with Gasteiger partial charge >= 0.3 is 12.0 Å². The number of primary amides is 1. The Morgan fingerprint density at radius 3 is 2.77 bits per heavy atom. The molecule has 10 nitrogen and oxygen atoms in total. The molecule has 0 fully saturated rings. The van der Waals surface area contributed by atoms with Crippen LogP contribution in [0.3, 0.4) is 0 Å². The number of carboxylic acid groups (broad SMARTS) is 1. The van der Waals surface area contributed by atoms with Crippen molar-refractivity contribution in [1.29, 1.82) is 5.26 Å². The minimum atomic E-state index is -1.36. The van der Waals surface area contributed by atoms with E-state index in [2.05, 4.69) is 15.3 Å². The highest BCUT2D eigenvalue weighted by Gasteiger charge is 2.22. The number of nitrogens with two attached hydrogens (primary N) is 2. The Labute approximate surface area is 148 Å².